The third kappa shape index (κ3) is 11.0. The second-order valence-electron chi connectivity index (χ2n) is 3.57. The highest BCUT2D eigenvalue weighted by Gasteiger charge is 1.96. The molecule has 0 aromatic heterocycles. The minimum atomic E-state index is -0.681. The molecule has 0 saturated carbocycles. The van der Waals surface area contributed by atoms with Gasteiger partial charge in [0.25, 0.3) is 0 Å². The van der Waals surface area contributed by atoms with Gasteiger partial charge in [-0.05, 0) is 12.8 Å². The lowest BCUT2D eigenvalue weighted by Crippen LogP contribution is -1.93. The lowest BCUT2D eigenvalue weighted by Gasteiger charge is -1.99. The van der Waals surface area contributed by atoms with Crippen molar-refractivity contribution in [3.8, 4) is 12.3 Å². The van der Waals surface area contributed by atoms with Crippen molar-refractivity contribution in [2.75, 3.05) is 0 Å². The monoisotopic (exact) mass is 196 g/mol. The molecule has 2 heteroatoms. The van der Waals surface area contributed by atoms with Gasteiger partial charge in [0.1, 0.15) is 0 Å². The zero-order valence-electron chi connectivity index (χ0n) is 8.80. The van der Waals surface area contributed by atoms with Crippen LogP contribution in [0.1, 0.15) is 57.8 Å². The molecular weight excluding hydrogens is 176 g/mol. The molecule has 0 aromatic carbocycles. The highest BCUT2D eigenvalue weighted by Crippen LogP contribution is 2.09. The largest absolute Gasteiger partial charge is 0.481 e. The maximum Gasteiger partial charge on any atom is 0.303 e. The smallest absolute Gasteiger partial charge is 0.303 e. The second-order valence-corrected chi connectivity index (χ2v) is 3.57. The van der Waals surface area contributed by atoms with E-state index >= 15 is 0 Å². The van der Waals surface area contributed by atoms with Crippen LogP contribution >= 0.6 is 0 Å². The maximum atomic E-state index is 10.2. The van der Waals surface area contributed by atoms with E-state index in [9.17, 15) is 4.79 Å². The minimum Gasteiger partial charge on any atom is -0.481 e. The van der Waals surface area contributed by atoms with Gasteiger partial charge in [-0.25, -0.2) is 0 Å². The lowest BCUT2D eigenvalue weighted by molar-refractivity contribution is -0.137. The Hall–Kier alpha value is -0.970. The molecule has 0 rings (SSSR count). The molecular formula is C12H20O2. The summed E-state index contributed by atoms with van der Waals surface area (Å²) in [6.45, 7) is 0. The van der Waals surface area contributed by atoms with Crippen molar-refractivity contribution in [3.05, 3.63) is 0 Å². The summed E-state index contributed by atoms with van der Waals surface area (Å²) >= 11 is 0. The van der Waals surface area contributed by atoms with Gasteiger partial charge in [0, 0.05) is 12.8 Å². The third-order valence-electron chi connectivity index (χ3n) is 2.21. The highest BCUT2D eigenvalue weighted by atomic mass is 16.4. The Kier molecular flexibility index (Phi) is 9.41. The molecule has 0 heterocycles. The summed E-state index contributed by atoms with van der Waals surface area (Å²) < 4.78 is 0. The fourth-order valence-corrected chi connectivity index (χ4v) is 1.39. The van der Waals surface area contributed by atoms with Crippen molar-refractivity contribution in [3.63, 3.8) is 0 Å². The summed E-state index contributed by atoms with van der Waals surface area (Å²) in [4.78, 5) is 10.2. The van der Waals surface area contributed by atoms with Gasteiger partial charge in [0.15, 0.2) is 0 Å². The molecule has 1 N–H and O–H groups in total. The number of rotatable bonds is 9. The molecule has 0 fully saturated rings. The molecule has 0 aliphatic heterocycles. The molecule has 0 bridgehead atoms. The van der Waals surface area contributed by atoms with Gasteiger partial charge in [-0.15, -0.1) is 12.3 Å². The fraction of sp³-hybridized carbons (Fsp3) is 0.750. The van der Waals surface area contributed by atoms with E-state index in [1.165, 1.54) is 19.3 Å². The van der Waals surface area contributed by atoms with Crippen LogP contribution in [0.2, 0.25) is 0 Å². The van der Waals surface area contributed by atoms with Crippen LogP contribution in [-0.2, 0) is 4.79 Å². The van der Waals surface area contributed by atoms with Crippen molar-refractivity contribution in [2.45, 2.75) is 57.8 Å². The topological polar surface area (TPSA) is 37.3 Å². The molecule has 0 aliphatic rings. The van der Waals surface area contributed by atoms with E-state index in [1.807, 2.05) is 0 Å². The van der Waals surface area contributed by atoms with Crippen molar-refractivity contribution in [1.82, 2.24) is 0 Å². The van der Waals surface area contributed by atoms with E-state index < -0.39 is 5.97 Å². The first-order valence-corrected chi connectivity index (χ1v) is 5.42. The van der Waals surface area contributed by atoms with Crippen LogP contribution in [0.15, 0.2) is 0 Å². The molecule has 0 atom stereocenters. The van der Waals surface area contributed by atoms with Crippen LogP contribution in [0.4, 0.5) is 0 Å². The summed E-state index contributed by atoms with van der Waals surface area (Å²) in [5.74, 6) is 1.94. The number of carbonyl (C=O) groups is 1. The van der Waals surface area contributed by atoms with Gasteiger partial charge < -0.3 is 5.11 Å². The Balaban J connectivity index is 2.93. The first kappa shape index (κ1) is 13.0. The Morgan fingerprint density at radius 2 is 1.50 bits per heavy atom. The molecule has 0 unspecified atom stereocenters. The normalized spacial score (nSPS) is 9.64. The Morgan fingerprint density at radius 1 is 1.00 bits per heavy atom. The molecule has 80 valence electrons. The molecule has 0 aromatic rings. The van der Waals surface area contributed by atoms with Crippen molar-refractivity contribution < 1.29 is 9.90 Å². The van der Waals surface area contributed by atoms with Crippen LogP contribution in [0, 0.1) is 12.3 Å². The van der Waals surface area contributed by atoms with E-state index in [2.05, 4.69) is 5.92 Å². The van der Waals surface area contributed by atoms with Gasteiger partial charge in [0.2, 0.25) is 0 Å². The summed E-state index contributed by atoms with van der Waals surface area (Å²) in [6, 6.07) is 0. The predicted molar refractivity (Wildman–Crippen MR) is 58.0 cm³/mol. The summed E-state index contributed by atoms with van der Waals surface area (Å²) in [6.07, 6.45) is 14.1. The number of aliphatic carboxylic acids is 1. The maximum absolute atomic E-state index is 10.2. The Morgan fingerprint density at radius 3 is 2.00 bits per heavy atom. The molecule has 0 radical (unpaired) electrons. The summed E-state index contributed by atoms with van der Waals surface area (Å²) in [5, 5.41) is 8.39. The van der Waals surface area contributed by atoms with E-state index in [-0.39, 0.29) is 0 Å². The quantitative estimate of drug-likeness (QED) is 0.454. The first-order valence-electron chi connectivity index (χ1n) is 5.42. The SMILES string of the molecule is C#CCCCCCCCCCC(=O)O. The molecule has 2 nitrogen and oxygen atoms in total. The standard InChI is InChI=1S/C12H20O2/c1-2-3-4-5-6-7-8-9-10-11-12(13)14/h1H,3-11H2,(H,13,14). The fourth-order valence-electron chi connectivity index (χ4n) is 1.39. The number of hydrogen-bond donors (Lipinski definition) is 1. The van der Waals surface area contributed by atoms with Crippen molar-refractivity contribution in [1.29, 1.82) is 0 Å². The van der Waals surface area contributed by atoms with E-state index in [4.69, 9.17) is 11.5 Å². The van der Waals surface area contributed by atoms with Crippen LogP contribution in [-0.4, -0.2) is 11.1 Å². The third-order valence-corrected chi connectivity index (χ3v) is 2.21. The summed E-state index contributed by atoms with van der Waals surface area (Å²) in [5.41, 5.74) is 0. The van der Waals surface area contributed by atoms with Crippen LogP contribution in [0.25, 0.3) is 0 Å². The van der Waals surface area contributed by atoms with E-state index in [1.54, 1.807) is 0 Å². The Labute approximate surface area is 86.7 Å². The second kappa shape index (κ2) is 10.1. The average molecular weight is 196 g/mol. The molecule has 0 spiro atoms. The lowest BCUT2D eigenvalue weighted by atomic mass is 10.1. The van der Waals surface area contributed by atoms with Gasteiger partial charge in [0.05, 0.1) is 0 Å². The molecule has 14 heavy (non-hydrogen) atoms. The predicted octanol–water partition coefficient (Wildman–Crippen LogP) is 3.22. The number of carboxylic acids is 1. The first-order chi connectivity index (χ1) is 6.77. The van der Waals surface area contributed by atoms with Crippen LogP contribution in [0.3, 0.4) is 0 Å². The number of terminal acetylenes is 1. The number of unbranched alkanes of at least 4 members (excludes halogenated alkanes) is 7. The van der Waals surface area contributed by atoms with Gasteiger partial charge in [-0.1, -0.05) is 32.1 Å². The van der Waals surface area contributed by atoms with Gasteiger partial charge in [-0.3, -0.25) is 4.79 Å². The van der Waals surface area contributed by atoms with Gasteiger partial charge in [-0.2, -0.15) is 0 Å². The zero-order chi connectivity index (χ0) is 10.6. The number of hydrogen-bond acceptors (Lipinski definition) is 1. The average Bonchev–Trinajstić information content (AvgIpc) is 2.15. The molecule has 0 saturated heterocycles. The van der Waals surface area contributed by atoms with Crippen LogP contribution < -0.4 is 0 Å². The minimum absolute atomic E-state index is 0.317. The molecule has 0 amide bonds. The van der Waals surface area contributed by atoms with Crippen molar-refractivity contribution >= 4 is 5.97 Å². The zero-order valence-corrected chi connectivity index (χ0v) is 8.80. The number of carboxylic acid groups (broad SMARTS) is 1. The van der Waals surface area contributed by atoms with Crippen molar-refractivity contribution in [2.24, 2.45) is 0 Å². The van der Waals surface area contributed by atoms with E-state index in [0.29, 0.717) is 6.42 Å². The van der Waals surface area contributed by atoms with Gasteiger partial charge >= 0.3 is 5.97 Å². The molecule has 0 aliphatic carbocycles. The highest BCUT2D eigenvalue weighted by molar-refractivity contribution is 5.66. The summed E-state index contributed by atoms with van der Waals surface area (Å²) in [7, 11) is 0. The van der Waals surface area contributed by atoms with Crippen LogP contribution in [0.5, 0.6) is 0 Å². The van der Waals surface area contributed by atoms with E-state index in [0.717, 1.165) is 32.1 Å². The Bertz CT molecular complexity index is 179.